The van der Waals surface area contributed by atoms with Crippen LogP contribution in [0.25, 0.3) is 66.4 Å². The molecule has 0 radical (unpaired) electrons. The number of aromatic amines is 4. The van der Waals surface area contributed by atoms with E-state index in [1.807, 2.05) is 36.4 Å². The van der Waals surface area contributed by atoms with Crippen LogP contribution in [0.1, 0.15) is 39.3 Å². The number of hydrogen-bond acceptors (Lipinski definition) is 10. The number of benzene rings is 2. The molecule has 0 fully saturated rings. The van der Waals surface area contributed by atoms with Crippen molar-refractivity contribution in [3.8, 4) is 22.5 Å². The molecule has 0 amide bonds. The zero-order chi connectivity index (χ0) is 34.8. The van der Waals surface area contributed by atoms with E-state index in [1.165, 1.54) is 0 Å². The van der Waals surface area contributed by atoms with Crippen molar-refractivity contribution in [3.63, 3.8) is 0 Å². The highest BCUT2D eigenvalue weighted by Crippen LogP contribution is 2.31. The zero-order valence-electron chi connectivity index (χ0n) is 28.7. The van der Waals surface area contributed by atoms with Crippen LogP contribution in [0.15, 0.2) is 60.9 Å². The molecule has 0 aliphatic heterocycles. The van der Waals surface area contributed by atoms with Crippen LogP contribution in [0.2, 0.25) is 0 Å². The summed E-state index contributed by atoms with van der Waals surface area (Å²) in [4.78, 5) is 27.7. The predicted molar refractivity (Wildman–Crippen MR) is 200 cm³/mol. The number of rotatable bonds is 10. The number of fused-ring (bicyclic) bond motifs is 6. The molecule has 8 rings (SSSR count). The molecule has 0 atom stereocenters. The highest BCUT2D eigenvalue weighted by Gasteiger charge is 2.16. The Hall–Kier alpha value is -5.86. The van der Waals surface area contributed by atoms with Crippen molar-refractivity contribution in [3.05, 3.63) is 72.6 Å². The number of H-pyrrole nitrogens is 4. The molecule has 8 aromatic rings. The van der Waals surface area contributed by atoms with Crippen LogP contribution in [0, 0.1) is 5.92 Å². The van der Waals surface area contributed by atoms with Gasteiger partial charge in [-0.25, -0.2) is 19.9 Å². The van der Waals surface area contributed by atoms with Gasteiger partial charge in [-0.2, -0.15) is 10.2 Å². The van der Waals surface area contributed by atoms with E-state index in [2.05, 4.69) is 95.4 Å². The first kappa shape index (κ1) is 32.7. The van der Waals surface area contributed by atoms with Crippen LogP contribution >= 0.6 is 0 Å². The van der Waals surface area contributed by atoms with E-state index in [1.54, 1.807) is 12.4 Å². The molecular weight excluding hydrogens is 628 g/mol. The molecule has 0 saturated carbocycles. The number of nitrogens with one attached hydrogen (secondary N) is 5. The SMILES string of the molecule is CCN(Cc1nc2c([nH]1)c(N)nc1cc(-c3ccn[nH]3)ccc12)CC(C)C.CCNCc1nc2c([nH]1)c(N)nc1cc(-c3ccn[nH]3)ccc12. The molecule has 256 valence electrons. The maximum absolute atomic E-state index is 6.23. The van der Waals surface area contributed by atoms with Crippen molar-refractivity contribution < 1.29 is 0 Å². The normalized spacial score (nSPS) is 11.8. The lowest BCUT2D eigenvalue weighted by atomic mass is 10.1. The van der Waals surface area contributed by atoms with Gasteiger partial charge in [-0.05, 0) is 55.4 Å². The van der Waals surface area contributed by atoms with Gasteiger partial charge in [-0.1, -0.05) is 39.8 Å². The number of nitrogen functional groups attached to an aromatic ring is 2. The number of nitrogens with two attached hydrogens (primary N) is 2. The van der Waals surface area contributed by atoms with Crippen LogP contribution in [0.3, 0.4) is 0 Å². The van der Waals surface area contributed by atoms with Gasteiger partial charge in [-0.15, -0.1) is 0 Å². The average molecular weight is 671 g/mol. The summed E-state index contributed by atoms with van der Waals surface area (Å²) < 4.78 is 0. The second-order valence-corrected chi connectivity index (χ2v) is 12.7. The summed E-state index contributed by atoms with van der Waals surface area (Å²) in [6.45, 7) is 13.1. The van der Waals surface area contributed by atoms with Crippen LogP contribution in [0.5, 0.6) is 0 Å². The Kier molecular flexibility index (Phi) is 9.11. The van der Waals surface area contributed by atoms with Gasteiger partial charge in [0.1, 0.15) is 45.4 Å². The number of aromatic nitrogens is 10. The van der Waals surface area contributed by atoms with E-state index in [-0.39, 0.29) is 0 Å². The van der Waals surface area contributed by atoms with Gasteiger partial charge in [0.05, 0.1) is 35.5 Å². The van der Waals surface area contributed by atoms with E-state index in [0.29, 0.717) is 24.1 Å². The minimum atomic E-state index is 0.463. The first-order valence-electron chi connectivity index (χ1n) is 16.9. The van der Waals surface area contributed by atoms with E-state index >= 15 is 0 Å². The monoisotopic (exact) mass is 670 g/mol. The summed E-state index contributed by atoms with van der Waals surface area (Å²) in [5.41, 5.74) is 21.3. The number of pyridine rings is 2. The number of nitrogens with zero attached hydrogens (tertiary/aromatic N) is 7. The highest BCUT2D eigenvalue weighted by molar-refractivity contribution is 6.08. The smallest absolute Gasteiger partial charge is 0.150 e. The van der Waals surface area contributed by atoms with E-state index in [4.69, 9.17) is 16.5 Å². The molecule has 50 heavy (non-hydrogen) atoms. The summed E-state index contributed by atoms with van der Waals surface area (Å²) in [7, 11) is 0. The van der Waals surface area contributed by atoms with Crippen LogP contribution in [-0.2, 0) is 13.1 Å². The van der Waals surface area contributed by atoms with Crippen molar-refractivity contribution >= 4 is 55.5 Å². The van der Waals surface area contributed by atoms with Gasteiger partial charge in [0.2, 0.25) is 0 Å². The Morgan fingerprint density at radius 1 is 0.720 bits per heavy atom. The fourth-order valence-electron chi connectivity index (χ4n) is 6.23. The fraction of sp³-hybridized carbons (Fsp3) is 0.278. The van der Waals surface area contributed by atoms with E-state index in [0.717, 1.165) is 104 Å². The third kappa shape index (κ3) is 6.58. The molecule has 0 aliphatic carbocycles. The molecule has 0 unspecified atom stereocenters. The third-order valence-corrected chi connectivity index (χ3v) is 8.62. The number of anilines is 2. The van der Waals surface area contributed by atoms with Gasteiger partial charge in [0.25, 0.3) is 0 Å². The van der Waals surface area contributed by atoms with Crippen LogP contribution in [0.4, 0.5) is 11.6 Å². The van der Waals surface area contributed by atoms with Gasteiger partial charge in [-0.3, -0.25) is 15.1 Å². The molecular formula is C36H42N14. The Bertz CT molecular complexity index is 2370. The Morgan fingerprint density at radius 3 is 1.74 bits per heavy atom. The lowest BCUT2D eigenvalue weighted by molar-refractivity contribution is 0.243. The Labute approximate surface area is 288 Å². The first-order chi connectivity index (χ1) is 24.3. The molecule has 2 aromatic carbocycles. The maximum Gasteiger partial charge on any atom is 0.150 e. The van der Waals surface area contributed by atoms with Crippen molar-refractivity contribution in [2.75, 3.05) is 31.1 Å². The average Bonchev–Trinajstić information content (AvgIpc) is 3.94. The quantitative estimate of drug-likeness (QED) is 0.0936. The number of hydrogen-bond donors (Lipinski definition) is 7. The number of imidazole rings is 2. The van der Waals surface area contributed by atoms with Gasteiger partial charge < -0.3 is 26.8 Å². The molecule has 0 spiro atoms. The second kappa shape index (κ2) is 13.9. The molecule has 6 heterocycles. The maximum atomic E-state index is 6.23. The van der Waals surface area contributed by atoms with E-state index < -0.39 is 0 Å². The summed E-state index contributed by atoms with van der Waals surface area (Å²) in [6, 6.07) is 16.0. The minimum Gasteiger partial charge on any atom is -0.382 e. The topological polar surface area (TPSA) is 208 Å². The first-order valence-corrected chi connectivity index (χ1v) is 16.9. The molecule has 14 nitrogen and oxygen atoms in total. The second-order valence-electron chi connectivity index (χ2n) is 12.7. The van der Waals surface area contributed by atoms with Gasteiger partial charge in [0, 0.05) is 40.8 Å². The summed E-state index contributed by atoms with van der Waals surface area (Å²) in [6.07, 6.45) is 3.46. The van der Waals surface area contributed by atoms with Gasteiger partial charge >= 0.3 is 0 Å². The standard InChI is InChI=1S/C20H25N7.C16H17N7/c1-4-27(10-12(2)3)11-17-24-18-14-6-5-13(15-7-8-22-26-15)9-16(14)23-20(21)19(18)25-17;1-2-18-8-13-21-14-10-4-3-9(11-5-6-19-23-11)7-12(10)20-16(17)15(14)22-13/h5-9,12H,4,10-11H2,1-3H3,(H2,21,23)(H,22,26)(H,24,25);3-7,18H,2,8H2,1H3,(H2,17,20)(H,19,23)(H,21,22). The van der Waals surface area contributed by atoms with E-state index in [9.17, 15) is 0 Å². The van der Waals surface area contributed by atoms with Gasteiger partial charge in [0.15, 0.2) is 0 Å². The summed E-state index contributed by atoms with van der Waals surface area (Å²) in [5, 5.41) is 19.2. The predicted octanol–water partition coefficient (Wildman–Crippen LogP) is 5.75. The van der Waals surface area contributed by atoms with Crippen molar-refractivity contribution in [2.24, 2.45) is 5.92 Å². The largest absolute Gasteiger partial charge is 0.382 e. The van der Waals surface area contributed by atoms with Crippen molar-refractivity contribution in [2.45, 2.75) is 40.8 Å². The molecule has 14 heteroatoms. The molecule has 0 aliphatic rings. The highest BCUT2D eigenvalue weighted by atomic mass is 15.1. The lowest BCUT2D eigenvalue weighted by Crippen LogP contribution is -2.27. The summed E-state index contributed by atoms with van der Waals surface area (Å²) in [5.74, 6) is 3.34. The van der Waals surface area contributed by atoms with Crippen molar-refractivity contribution in [1.82, 2.24) is 60.5 Å². The molecule has 0 bridgehead atoms. The third-order valence-electron chi connectivity index (χ3n) is 8.62. The Morgan fingerprint density at radius 2 is 1.26 bits per heavy atom. The van der Waals surface area contributed by atoms with Crippen molar-refractivity contribution in [1.29, 1.82) is 0 Å². The molecule has 9 N–H and O–H groups in total. The zero-order valence-corrected chi connectivity index (χ0v) is 28.7. The lowest BCUT2D eigenvalue weighted by Gasteiger charge is -2.21. The molecule has 0 saturated heterocycles. The van der Waals surface area contributed by atoms with Crippen LogP contribution < -0.4 is 16.8 Å². The fourth-order valence-corrected chi connectivity index (χ4v) is 6.23. The Balaban J connectivity index is 0.000000159. The van der Waals surface area contributed by atoms with Crippen LogP contribution in [-0.4, -0.2) is 74.8 Å². The minimum absolute atomic E-state index is 0.463. The summed E-state index contributed by atoms with van der Waals surface area (Å²) >= 11 is 0. The molecule has 6 aromatic heterocycles.